The minimum absolute atomic E-state index is 0.0351. The molecule has 1 aliphatic heterocycles. The fourth-order valence-electron chi connectivity index (χ4n) is 4.62. The topological polar surface area (TPSA) is 79.2 Å². The normalized spacial score (nSPS) is 21.4. The maximum atomic E-state index is 13.4. The number of benzene rings is 2. The Morgan fingerprint density at radius 1 is 1.16 bits per heavy atom. The molecule has 1 unspecified atom stereocenters. The lowest BCUT2D eigenvalue weighted by molar-refractivity contribution is -0.133. The molecule has 7 heteroatoms. The van der Waals surface area contributed by atoms with Gasteiger partial charge in [-0.05, 0) is 24.7 Å². The number of methoxy groups -OCH3 is 1. The van der Waals surface area contributed by atoms with Crippen LogP contribution in [0.4, 0.5) is 0 Å². The monoisotopic (exact) mass is 457 g/mol. The van der Waals surface area contributed by atoms with Crippen molar-refractivity contribution in [1.82, 2.24) is 4.90 Å². The van der Waals surface area contributed by atoms with Crippen LogP contribution in [-0.2, 0) is 16.1 Å². The molecule has 0 saturated carbocycles. The van der Waals surface area contributed by atoms with Crippen LogP contribution in [0.1, 0.15) is 30.6 Å². The average Bonchev–Trinajstić information content (AvgIpc) is 2.77. The van der Waals surface area contributed by atoms with E-state index in [9.17, 15) is 14.7 Å². The molecule has 2 aromatic rings. The van der Waals surface area contributed by atoms with Gasteiger partial charge in [0.1, 0.15) is 11.9 Å². The van der Waals surface area contributed by atoms with Crippen LogP contribution in [0.3, 0.4) is 0 Å². The van der Waals surface area contributed by atoms with Gasteiger partial charge in [-0.15, -0.1) is 0 Å². The van der Waals surface area contributed by atoms with Gasteiger partial charge in [0.15, 0.2) is 8.32 Å². The number of aliphatic hydroxyl groups excluding tert-OH is 1. The first-order valence-electron chi connectivity index (χ1n) is 11.2. The number of hydrogen-bond donors (Lipinski definition) is 2. The summed E-state index contributed by atoms with van der Waals surface area (Å²) in [6.45, 7) is 6.33. The maximum absolute atomic E-state index is 13.4. The van der Waals surface area contributed by atoms with Gasteiger partial charge < -0.3 is 24.3 Å². The zero-order chi connectivity index (χ0) is 23.3. The Labute approximate surface area is 191 Å². The van der Waals surface area contributed by atoms with E-state index in [0.717, 1.165) is 16.9 Å². The smallest absolute Gasteiger partial charge is 0.223 e. The highest BCUT2D eigenvalue weighted by Gasteiger charge is 2.47. The summed E-state index contributed by atoms with van der Waals surface area (Å²) < 4.78 is 12.2. The predicted octanol–water partition coefficient (Wildman–Crippen LogP) is 3.75. The quantitative estimate of drug-likeness (QED) is 0.561. The van der Waals surface area contributed by atoms with Crippen LogP contribution in [-0.4, -0.2) is 55.4 Å². The van der Waals surface area contributed by atoms with Crippen molar-refractivity contribution in [3.05, 3.63) is 65.7 Å². The largest absolute Gasteiger partial charge is 0.490 e. The lowest BCUT2D eigenvalue weighted by Crippen LogP contribution is -2.50. The molecule has 0 aromatic heterocycles. The van der Waals surface area contributed by atoms with Gasteiger partial charge in [0.25, 0.3) is 0 Å². The van der Waals surface area contributed by atoms with Crippen LogP contribution in [0.5, 0.6) is 5.75 Å². The number of aliphatic hydroxyl groups is 1. The minimum Gasteiger partial charge on any atom is -0.490 e. The molecule has 3 rings (SSSR count). The minimum atomic E-state index is -2.79. The van der Waals surface area contributed by atoms with Crippen LogP contribution < -0.4 is 4.74 Å². The molecule has 6 nitrogen and oxygen atoms in total. The van der Waals surface area contributed by atoms with Gasteiger partial charge in [0, 0.05) is 43.6 Å². The van der Waals surface area contributed by atoms with E-state index in [2.05, 4.69) is 6.92 Å². The number of fused-ring (bicyclic) bond motifs is 1. The zero-order valence-electron chi connectivity index (χ0n) is 19.4. The standard InChI is InChI=1S/C25H35NO5Si/c1-18-24(30-2)20-12-8-9-13-21(20)31-25(18)22(32(3,4)29)16-23(28)26(14-15-27)17-19-10-6-5-7-11-19/h5-13,18,22,24-25,27,29H,14-17H2,1-4H3/t18-,22?,24-,25-/m1/s1. The van der Waals surface area contributed by atoms with Crippen molar-refractivity contribution in [2.45, 2.75) is 50.7 Å². The number of para-hydroxylation sites is 1. The summed E-state index contributed by atoms with van der Waals surface area (Å²) in [5.41, 5.74) is 1.67. The summed E-state index contributed by atoms with van der Waals surface area (Å²) in [5.74, 6) is 0.618. The molecular weight excluding hydrogens is 422 g/mol. The maximum Gasteiger partial charge on any atom is 0.223 e. The highest BCUT2D eigenvalue weighted by atomic mass is 28.4. The molecule has 0 fully saturated rings. The molecule has 0 radical (unpaired) electrons. The second-order valence-corrected chi connectivity index (χ2v) is 13.2. The first-order chi connectivity index (χ1) is 15.3. The number of rotatable bonds is 9. The Kier molecular flexibility index (Phi) is 8.11. The number of carbonyl (C=O) groups is 1. The van der Waals surface area contributed by atoms with Gasteiger partial charge in [-0.25, -0.2) is 0 Å². The van der Waals surface area contributed by atoms with Crippen molar-refractivity contribution in [2.24, 2.45) is 5.92 Å². The van der Waals surface area contributed by atoms with Gasteiger partial charge in [0.05, 0.1) is 12.7 Å². The SMILES string of the molecule is CO[C@H]1c2ccccc2O[C@@H](C(CC(=O)N(CCO)Cc2ccccc2)[Si](C)(C)O)[C@@H]1C. The number of nitrogens with zero attached hydrogens (tertiary/aromatic N) is 1. The van der Waals surface area contributed by atoms with Crippen LogP contribution in [0.2, 0.25) is 18.6 Å². The summed E-state index contributed by atoms with van der Waals surface area (Å²) in [6, 6.07) is 17.5. The number of amides is 1. The molecule has 0 saturated heterocycles. The predicted molar refractivity (Wildman–Crippen MR) is 127 cm³/mol. The molecule has 4 atom stereocenters. The lowest BCUT2D eigenvalue weighted by Gasteiger charge is -2.43. The van der Waals surface area contributed by atoms with Gasteiger partial charge in [-0.3, -0.25) is 4.79 Å². The Hall–Kier alpha value is -2.19. The van der Waals surface area contributed by atoms with Crippen LogP contribution in [0.25, 0.3) is 0 Å². The fraction of sp³-hybridized carbons (Fsp3) is 0.480. The molecule has 0 spiro atoms. The van der Waals surface area contributed by atoms with E-state index in [0.29, 0.717) is 6.54 Å². The molecule has 1 amide bonds. The van der Waals surface area contributed by atoms with E-state index in [-0.39, 0.29) is 49.1 Å². The molecule has 32 heavy (non-hydrogen) atoms. The third-order valence-electron chi connectivity index (χ3n) is 6.38. The van der Waals surface area contributed by atoms with E-state index in [1.807, 2.05) is 67.7 Å². The van der Waals surface area contributed by atoms with E-state index in [4.69, 9.17) is 9.47 Å². The van der Waals surface area contributed by atoms with Crippen molar-refractivity contribution in [1.29, 1.82) is 0 Å². The average molecular weight is 458 g/mol. The second-order valence-electron chi connectivity index (χ2n) is 9.12. The van der Waals surface area contributed by atoms with Gasteiger partial charge in [-0.2, -0.15) is 0 Å². The summed E-state index contributed by atoms with van der Waals surface area (Å²) in [5, 5.41) is 9.55. The van der Waals surface area contributed by atoms with Crippen molar-refractivity contribution in [3.63, 3.8) is 0 Å². The molecule has 1 heterocycles. The summed E-state index contributed by atoms with van der Waals surface area (Å²) in [4.78, 5) is 26.2. The van der Waals surface area contributed by atoms with Crippen molar-refractivity contribution in [3.8, 4) is 5.75 Å². The highest BCUT2D eigenvalue weighted by Crippen LogP contribution is 2.46. The van der Waals surface area contributed by atoms with Crippen LogP contribution >= 0.6 is 0 Å². The number of ether oxygens (including phenoxy) is 2. The van der Waals surface area contributed by atoms with E-state index in [1.54, 1.807) is 12.0 Å². The number of carbonyl (C=O) groups excluding carboxylic acids is 1. The van der Waals surface area contributed by atoms with E-state index >= 15 is 0 Å². The van der Waals surface area contributed by atoms with Crippen LogP contribution in [0.15, 0.2) is 54.6 Å². The van der Waals surface area contributed by atoms with Crippen molar-refractivity contribution >= 4 is 14.2 Å². The first kappa shape index (κ1) is 24.4. The van der Waals surface area contributed by atoms with Crippen molar-refractivity contribution in [2.75, 3.05) is 20.3 Å². The van der Waals surface area contributed by atoms with Gasteiger partial charge >= 0.3 is 0 Å². The molecule has 2 N–H and O–H groups in total. The molecule has 1 aliphatic rings. The molecular formula is C25H35NO5Si. The molecule has 0 bridgehead atoms. The third kappa shape index (κ3) is 5.59. The molecule has 0 aliphatic carbocycles. The summed E-state index contributed by atoms with van der Waals surface area (Å²) in [6.07, 6.45) is -0.356. The second kappa shape index (κ2) is 10.6. The Balaban J connectivity index is 1.85. The van der Waals surface area contributed by atoms with E-state index < -0.39 is 8.32 Å². The van der Waals surface area contributed by atoms with Crippen LogP contribution in [0, 0.1) is 5.92 Å². The third-order valence-corrected chi connectivity index (χ3v) is 8.72. The fourth-order valence-corrected chi connectivity index (χ4v) is 6.47. The molecule has 2 aromatic carbocycles. The lowest BCUT2D eigenvalue weighted by atomic mass is 9.86. The zero-order valence-corrected chi connectivity index (χ0v) is 20.4. The van der Waals surface area contributed by atoms with Gasteiger partial charge in [0.2, 0.25) is 5.91 Å². The Morgan fingerprint density at radius 3 is 2.44 bits per heavy atom. The van der Waals surface area contributed by atoms with Gasteiger partial charge in [-0.1, -0.05) is 55.5 Å². The summed E-state index contributed by atoms with van der Waals surface area (Å²) in [7, 11) is -1.11. The van der Waals surface area contributed by atoms with Crippen molar-refractivity contribution < 1.29 is 24.2 Å². The highest BCUT2D eigenvalue weighted by molar-refractivity contribution is 6.71. The Bertz CT molecular complexity index is 885. The Morgan fingerprint density at radius 2 is 1.81 bits per heavy atom. The number of hydrogen-bond acceptors (Lipinski definition) is 5. The summed E-state index contributed by atoms with van der Waals surface area (Å²) >= 11 is 0. The first-order valence-corrected chi connectivity index (χ1v) is 14.2. The molecule has 174 valence electrons. The van der Waals surface area contributed by atoms with E-state index in [1.165, 1.54) is 0 Å².